The lowest BCUT2D eigenvalue weighted by Gasteiger charge is -2.35. The van der Waals surface area contributed by atoms with Crippen LogP contribution in [0.5, 0.6) is 5.75 Å². The van der Waals surface area contributed by atoms with Crippen LogP contribution in [-0.2, 0) is 4.79 Å². The predicted molar refractivity (Wildman–Crippen MR) is 119 cm³/mol. The average molecular weight is 485 g/mol. The molecule has 2 amide bonds. The van der Waals surface area contributed by atoms with E-state index in [4.69, 9.17) is 11.6 Å². The van der Waals surface area contributed by atoms with E-state index in [2.05, 4.69) is 20.4 Å². The first kappa shape index (κ1) is 24.6. The number of nitrogens with zero attached hydrogens (tertiary/aromatic N) is 2. The minimum Gasteiger partial charge on any atom is -0.406 e. The van der Waals surface area contributed by atoms with Crippen LogP contribution in [0.25, 0.3) is 0 Å². The number of amides is 2. The smallest absolute Gasteiger partial charge is 0.406 e. The number of carbonyl (C=O) groups is 2. The van der Waals surface area contributed by atoms with Crippen molar-refractivity contribution in [2.75, 3.05) is 23.3 Å². The summed E-state index contributed by atoms with van der Waals surface area (Å²) in [7, 11) is 0. The summed E-state index contributed by atoms with van der Waals surface area (Å²) in [5.74, 6) is -0.590. The summed E-state index contributed by atoms with van der Waals surface area (Å²) in [5.41, 5.74) is 1.53. The van der Waals surface area contributed by atoms with Gasteiger partial charge in [-0.05, 0) is 44.0 Å². The number of benzene rings is 1. The van der Waals surface area contributed by atoms with Crippen molar-refractivity contribution >= 4 is 34.9 Å². The number of hydrogen-bond acceptors (Lipinski definition) is 5. The highest BCUT2D eigenvalue weighted by Gasteiger charge is 2.31. The number of nitrogens with one attached hydrogen (secondary N) is 2. The van der Waals surface area contributed by atoms with Crippen LogP contribution >= 0.6 is 11.6 Å². The molecular formula is C22H24ClF3N4O3. The number of halogens is 4. The molecule has 1 atom stereocenters. The molecule has 1 aromatic carbocycles. The van der Waals surface area contributed by atoms with E-state index in [-0.39, 0.29) is 22.9 Å². The van der Waals surface area contributed by atoms with Gasteiger partial charge < -0.3 is 20.3 Å². The molecule has 1 aliphatic rings. The molecule has 0 saturated carbocycles. The van der Waals surface area contributed by atoms with E-state index in [0.717, 1.165) is 18.9 Å². The van der Waals surface area contributed by atoms with E-state index >= 15 is 0 Å². The fourth-order valence-electron chi connectivity index (χ4n) is 3.62. The Morgan fingerprint density at radius 2 is 2.03 bits per heavy atom. The van der Waals surface area contributed by atoms with Gasteiger partial charge in [-0.3, -0.25) is 9.59 Å². The molecule has 7 nitrogen and oxygen atoms in total. The Kier molecular flexibility index (Phi) is 7.68. The lowest BCUT2D eigenvalue weighted by molar-refractivity contribution is -0.274. The van der Waals surface area contributed by atoms with Crippen LogP contribution < -0.4 is 20.3 Å². The Morgan fingerprint density at radius 3 is 2.70 bits per heavy atom. The zero-order valence-electron chi connectivity index (χ0n) is 18.1. The maximum atomic E-state index is 12.8. The van der Waals surface area contributed by atoms with Gasteiger partial charge in [-0.15, -0.1) is 13.2 Å². The van der Waals surface area contributed by atoms with E-state index in [1.54, 1.807) is 19.9 Å². The van der Waals surface area contributed by atoms with Gasteiger partial charge in [0.1, 0.15) is 11.6 Å². The molecule has 0 radical (unpaired) electrons. The Labute approximate surface area is 194 Å². The predicted octanol–water partition coefficient (Wildman–Crippen LogP) is 4.69. The third kappa shape index (κ3) is 6.98. The number of carbonyl (C=O) groups excluding carboxylic acids is 2. The molecule has 0 unspecified atom stereocenters. The lowest BCUT2D eigenvalue weighted by Crippen LogP contribution is -2.48. The number of hydrogen-bond donors (Lipinski definition) is 2. The fraction of sp³-hybridized carbons (Fsp3) is 0.409. The van der Waals surface area contributed by atoms with Gasteiger partial charge in [0.25, 0.3) is 5.91 Å². The number of aryl methyl sites for hydroxylation is 1. The summed E-state index contributed by atoms with van der Waals surface area (Å²) in [4.78, 5) is 30.6. The standard InChI is InChI=1S/C22H24ClF3N4O3/c1-3-20(31)29-19-10-14(9-13(2)27-19)21(32)28-15-5-4-8-30(12-15)18-7-6-16(11-17(18)23)33-22(24,25)26/h6-7,9-11,15H,3-5,8,12H2,1-2H3,(H,28,32)(H,27,29,31)/t15-/m1/s1. The van der Waals surface area contributed by atoms with Gasteiger partial charge in [0.05, 0.1) is 10.7 Å². The lowest BCUT2D eigenvalue weighted by atomic mass is 10.0. The number of rotatable bonds is 6. The van der Waals surface area contributed by atoms with Crippen LogP contribution in [0.3, 0.4) is 0 Å². The third-order valence-corrected chi connectivity index (χ3v) is 5.36. The zero-order chi connectivity index (χ0) is 24.2. The molecule has 11 heteroatoms. The van der Waals surface area contributed by atoms with Gasteiger partial charge in [-0.1, -0.05) is 18.5 Å². The molecule has 1 saturated heterocycles. The normalized spacial score (nSPS) is 16.3. The van der Waals surface area contributed by atoms with Crippen molar-refractivity contribution in [2.24, 2.45) is 0 Å². The number of ether oxygens (including phenoxy) is 1. The number of piperidine rings is 1. The molecule has 3 rings (SSSR count). The highest BCUT2D eigenvalue weighted by Crippen LogP contribution is 2.33. The van der Waals surface area contributed by atoms with Crippen molar-refractivity contribution in [1.29, 1.82) is 0 Å². The van der Waals surface area contributed by atoms with Crippen molar-refractivity contribution in [3.8, 4) is 5.75 Å². The maximum Gasteiger partial charge on any atom is 0.573 e. The first-order valence-corrected chi connectivity index (χ1v) is 10.8. The average Bonchev–Trinajstić information content (AvgIpc) is 2.72. The van der Waals surface area contributed by atoms with Gasteiger partial charge in [-0.25, -0.2) is 4.98 Å². The Bertz CT molecular complexity index is 1030. The Balaban J connectivity index is 1.68. The van der Waals surface area contributed by atoms with Crippen LogP contribution in [0, 0.1) is 6.92 Å². The molecule has 2 aromatic rings. The summed E-state index contributed by atoms with van der Waals surface area (Å²) < 4.78 is 41.2. The topological polar surface area (TPSA) is 83.6 Å². The summed E-state index contributed by atoms with van der Waals surface area (Å²) in [6, 6.07) is 6.76. The van der Waals surface area contributed by atoms with Crippen molar-refractivity contribution in [1.82, 2.24) is 10.3 Å². The van der Waals surface area contributed by atoms with E-state index in [1.807, 2.05) is 4.90 Å². The molecule has 0 spiro atoms. The molecule has 0 aliphatic carbocycles. The summed E-state index contributed by atoms with van der Waals surface area (Å²) in [5, 5.41) is 5.76. The van der Waals surface area contributed by atoms with Crippen molar-refractivity contribution in [2.45, 2.75) is 45.5 Å². The summed E-state index contributed by atoms with van der Waals surface area (Å²) in [6.45, 7) is 4.53. The molecule has 0 bridgehead atoms. The van der Waals surface area contributed by atoms with Crippen molar-refractivity contribution < 1.29 is 27.5 Å². The van der Waals surface area contributed by atoms with E-state index in [0.29, 0.717) is 42.3 Å². The molecule has 1 aromatic heterocycles. The molecular weight excluding hydrogens is 461 g/mol. The first-order chi connectivity index (χ1) is 15.5. The SMILES string of the molecule is CCC(=O)Nc1cc(C(=O)N[C@@H]2CCCN(c3ccc(OC(F)(F)F)cc3Cl)C2)cc(C)n1. The molecule has 1 fully saturated rings. The number of aromatic nitrogens is 1. The fourth-order valence-corrected chi connectivity index (χ4v) is 3.91. The highest BCUT2D eigenvalue weighted by molar-refractivity contribution is 6.33. The van der Waals surface area contributed by atoms with E-state index < -0.39 is 12.1 Å². The van der Waals surface area contributed by atoms with Crippen LogP contribution in [-0.4, -0.2) is 42.3 Å². The zero-order valence-corrected chi connectivity index (χ0v) is 18.9. The maximum absolute atomic E-state index is 12.8. The summed E-state index contributed by atoms with van der Waals surface area (Å²) in [6.07, 6.45) is -3.01. The van der Waals surface area contributed by atoms with Gasteiger partial charge in [-0.2, -0.15) is 0 Å². The van der Waals surface area contributed by atoms with Crippen LogP contribution in [0.1, 0.15) is 42.2 Å². The molecule has 2 heterocycles. The number of pyridine rings is 1. The monoisotopic (exact) mass is 484 g/mol. The Hall–Kier alpha value is -3.01. The quantitative estimate of drug-likeness (QED) is 0.621. The number of anilines is 2. The first-order valence-electron chi connectivity index (χ1n) is 10.4. The Morgan fingerprint density at radius 1 is 1.27 bits per heavy atom. The van der Waals surface area contributed by atoms with Crippen LogP contribution in [0.4, 0.5) is 24.7 Å². The molecule has 178 valence electrons. The van der Waals surface area contributed by atoms with Crippen LogP contribution in [0.2, 0.25) is 5.02 Å². The van der Waals surface area contributed by atoms with Crippen molar-refractivity contribution in [3.63, 3.8) is 0 Å². The minimum absolute atomic E-state index is 0.129. The van der Waals surface area contributed by atoms with Gasteiger partial charge in [0.2, 0.25) is 5.91 Å². The van der Waals surface area contributed by atoms with Gasteiger partial charge in [0, 0.05) is 42.9 Å². The second kappa shape index (κ2) is 10.3. The second-order valence-electron chi connectivity index (χ2n) is 7.70. The number of alkyl halides is 3. The van der Waals surface area contributed by atoms with Crippen molar-refractivity contribution in [3.05, 3.63) is 46.6 Å². The molecule has 1 aliphatic heterocycles. The third-order valence-electron chi connectivity index (χ3n) is 5.05. The van der Waals surface area contributed by atoms with E-state index in [1.165, 1.54) is 18.2 Å². The summed E-state index contributed by atoms with van der Waals surface area (Å²) >= 11 is 6.21. The van der Waals surface area contributed by atoms with Gasteiger partial charge >= 0.3 is 6.36 Å². The second-order valence-corrected chi connectivity index (χ2v) is 8.11. The van der Waals surface area contributed by atoms with Crippen LogP contribution in [0.15, 0.2) is 30.3 Å². The minimum atomic E-state index is -4.80. The largest absolute Gasteiger partial charge is 0.573 e. The van der Waals surface area contributed by atoms with Gasteiger partial charge in [0.15, 0.2) is 0 Å². The van der Waals surface area contributed by atoms with E-state index in [9.17, 15) is 22.8 Å². The highest BCUT2D eigenvalue weighted by atomic mass is 35.5. The molecule has 33 heavy (non-hydrogen) atoms. The molecule has 2 N–H and O–H groups in total.